The molecule has 3 N–H and O–H groups in total. The van der Waals surface area contributed by atoms with Gasteiger partial charge in [0.25, 0.3) is 0 Å². The van der Waals surface area contributed by atoms with Crippen LogP contribution in [0.4, 0.5) is 4.79 Å². The van der Waals surface area contributed by atoms with Crippen LogP contribution in [0, 0.1) is 17.8 Å². The molecule has 5 rings (SSSR count). The number of fused-ring (bicyclic) bond motifs is 1. The van der Waals surface area contributed by atoms with E-state index < -0.39 is 5.60 Å². The number of carbonyl (C=O) groups excluding carboxylic acids is 1. The summed E-state index contributed by atoms with van der Waals surface area (Å²) in [6.45, 7) is 10.0. The van der Waals surface area contributed by atoms with E-state index in [1.807, 2.05) is 25.7 Å². The second-order valence-electron chi connectivity index (χ2n) is 11.0. The lowest BCUT2D eigenvalue weighted by Gasteiger charge is -2.42. The van der Waals surface area contributed by atoms with Gasteiger partial charge in [-0.3, -0.25) is 15.6 Å². The molecule has 9 heteroatoms. The molecule has 0 aromatic carbocycles. The van der Waals surface area contributed by atoms with Crippen molar-refractivity contribution in [3.63, 3.8) is 0 Å². The van der Waals surface area contributed by atoms with Crippen LogP contribution in [0.5, 0.6) is 0 Å². The molecule has 0 spiro atoms. The summed E-state index contributed by atoms with van der Waals surface area (Å²) in [5.74, 6) is 1.72. The Hall–Kier alpha value is -0.970. The zero-order valence-electron chi connectivity index (χ0n) is 19.1. The zero-order chi connectivity index (χ0) is 21.6. The van der Waals surface area contributed by atoms with Crippen LogP contribution in [-0.4, -0.2) is 78.9 Å². The Labute approximate surface area is 185 Å². The highest BCUT2D eigenvalue weighted by molar-refractivity contribution is 5.68. The van der Waals surface area contributed by atoms with E-state index in [-0.39, 0.29) is 18.5 Å². The maximum Gasteiger partial charge on any atom is 0.410 e. The average molecular weight is 438 g/mol. The molecule has 1 amide bonds. The van der Waals surface area contributed by atoms with E-state index in [2.05, 4.69) is 21.2 Å². The average Bonchev–Trinajstić information content (AvgIpc) is 3.33. The second-order valence-corrected chi connectivity index (χ2v) is 11.0. The highest BCUT2D eigenvalue weighted by Crippen LogP contribution is 2.39. The fourth-order valence-electron chi connectivity index (χ4n) is 5.82. The fourth-order valence-corrected chi connectivity index (χ4v) is 5.82. The quantitative estimate of drug-likeness (QED) is 0.611. The van der Waals surface area contributed by atoms with Crippen LogP contribution in [0.3, 0.4) is 0 Å². The van der Waals surface area contributed by atoms with Gasteiger partial charge in [0.05, 0.1) is 25.4 Å². The lowest BCUT2D eigenvalue weighted by Crippen LogP contribution is -2.57. The summed E-state index contributed by atoms with van der Waals surface area (Å²) in [5, 5.41) is 6.21. The van der Waals surface area contributed by atoms with Crippen molar-refractivity contribution in [2.24, 2.45) is 17.8 Å². The maximum absolute atomic E-state index is 12.3. The fraction of sp³-hybridized carbons (Fsp3) is 0.955. The molecule has 0 bridgehead atoms. The first kappa shape index (κ1) is 21.9. The van der Waals surface area contributed by atoms with Crippen LogP contribution in [0.2, 0.25) is 0 Å². The molecule has 5 atom stereocenters. The minimum Gasteiger partial charge on any atom is -0.444 e. The van der Waals surface area contributed by atoms with Crippen molar-refractivity contribution in [3.05, 3.63) is 0 Å². The second kappa shape index (κ2) is 8.76. The Balaban J connectivity index is 1.10. The van der Waals surface area contributed by atoms with E-state index in [0.717, 1.165) is 58.0 Å². The Kier molecular flexibility index (Phi) is 6.17. The Morgan fingerprint density at radius 1 is 1.03 bits per heavy atom. The van der Waals surface area contributed by atoms with Gasteiger partial charge < -0.3 is 14.4 Å². The van der Waals surface area contributed by atoms with E-state index >= 15 is 0 Å². The van der Waals surface area contributed by atoms with E-state index in [9.17, 15) is 4.79 Å². The van der Waals surface area contributed by atoms with Gasteiger partial charge in [-0.05, 0) is 64.7 Å². The number of likely N-dealkylation sites (tertiary alicyclic amines) is 1. The molecule has 1 saturated carbocycles. The third-order valence-electron chi connectivity index (χ3n) is 7.66. The number of nitrogens with zero attached hydrogens (tertiary/aromatic N) is 2. The highest BCUT2D eigenvalue weighted by Gasteiger charge is 2.47. The zero-order valence-corrected chi connectivity index (χ0v) is 19.1. The lowest BCUT2D eigenvalue weighted by atomic mass is 9.77. The highest BCUT2D eigenvalue weighted by atomic mass is 16.7. The number of nitrogens with one attached hydrogen (secondary N) is 3. The molecule has 1 aliphatic carbocycles. The Bertz CT molecular complexity index is 646. The van der Waals surface area contributed by atoms with Crippen molar-refractivity contribution in [3.8, 4) is 0 Å². The molecule has 0 aromatic heterocycles. The number of ether oxygens (including phenoxy) is 2. The van der Waals surface area contributed by atoms with E-state index in [0.29, 0.717) is 23.9 Å². The number of amides is 1. The third-order valence-corrected chi connectivity index (χ3v) is 7.66. The van der Waals surface area contributed by atoms with Gasteiger partial charge in [0.15, 0.2) is 0 Å². The van der Waals surface area contributed by atoms with Crippen LogP contribution in [0.1, 0.15) is 52.9 Å². The van der Waals surface area contributed by atoms with Crippen molar-refractivity contribution in [2.75, 3.05) is 32.8 Å². The van der Waals surface area contributed by atoms with Gasteiger partial charge in [0.2, 0.25) is 0 Å². The number of rotatable bonds is 3. The molecular weight excluding hydrogens is 398 g/mol. The summed E-state index contributed by atoms with van der Waals surface area (Å²) in [6, 6.07) is 1.13. The number of carbonyl (C=O) groups is 1. The van der Waals surface area contributed by atoms with Gasteiger partial charge >= 0.3 is 6.09 Å². The number of hydrogen-bond donors (Lipinski definition) is 3. The largest absolute Gasteiger partial charge is 0.444 e. The normalized spacial score (nSPS) is 38.2. The third kappa shape index (κ3) is 4.72. The smallest absolute Gasteiger partial charge is 0.410 e. The molecule has 5 aliphatic rings. The maximum atomic E-state index is 12.3. The predicted molar refractivity (Wildman–Crippen MR) is 115 cm³/mol. The summed E-state index contributed by atoms with van der Waals surface area (Å²) in [5.41, 5.74) is 6.46. The molecule has 4 aliphatic heterocycles. The van der Waals surface area contributed by atoms with Crippen molar-refractivity contribution in [1.82, 2.24) is 26.1 Å². The van der Waals surface area contributed by atoms with Crippen LogP contribution in [-0.2, 0) is 14.3 Å². The summed E-state index contributed by atoms with van der Waals surface area (Å²) in [6.07, 6.45) is 5.56. The minimum absolute atomic E-state index is 0.0647. The number of hydrogen-bond acceptors (Lipinski definition) is 8. The van der Waals surface area contributed by atoms with Crippen molar-refractivity contribution >= 4 is 6.09 Å². The monoisotopic (exact) mass is 437 g/mol. The molecule has 9 nitrogen and oxygen atoms in total. The first-order valence-corrected chi connectivity index (χ1v) is 12.1. The first-order valence-electron chi connectivity index (χ1n) is 12.1. The minimum atomic E-state index is -0.446. The summed E-state index contributed by atoms with van der Waals surface area (Å²) < 4.78 is 10.9. The molecule has 5 fully saturated rings. The number of hydroxylamine groups is 1. The predicted octanol–water partition coefficient (Wildman–Crippen LogP) is 1.41. The lowest BCUT2D eigenvalue weighted by molar-refractivity contribution is -0.100. The van der Waals surface area contributed by atoms with Crippen LogP contribution in [0.15, 0.2) is 0 Å². The van der Waals surface area contributed by atoms with Crippen molar-refractivity contribution in [1.29, 1.82) is 0 Å². The van der Waals surface area contributed by atoms with Gasteiger partial charge in [-0.1, -0.05) is 0 Å². The van der Waals surface area contributed by atoms with Gasteiger partial charge in [0, 0.05) is 31.6 Å². The Morgan fingerprint density at radius 2 is 1.77 bits per heavy atom. The SMILES string of the molecule is CC(C)(C)OC(=O)N1CCC(C2NOC(C3CCC4CNN(C5COC5)C4C3)N2)CC1. The molecule has 176 valence electrons. The molecule has 5 unspecified atom stereocenters. The van der Waals surface area contributed by atoms with E-state index in [1.54, 1.807) is 0 Å². The van der Waals surface area contributed by atoms with Gasteiger partial charge in [-0.15, -0.1) is 0 Å². The van der Waals surface area contributed by atoms with Gasteiger partial charge in [0.1, 0.15) is 11.8 Å². The number of piperidine rings is 1. The molecular formula is C22H39N5O4. The van der Waals surface area contributed by atoms with Crippen molar-refractivity contribution in [2.45, 2.75) is 83.0 Å². The Morgan fingerprint density at radius 3 is 2.45 bits per heavy atom. The van der Waals surface area contributed by atoms with Crippen LogP contribution in [0.25, 0.3) is 0 Å². The standard InChI is InChI=1S/C22H39N5O4/c1-22(2,3)30-21(28)26-8-6-14(7-9-26)19-24-20(31-25-19)15-4-5-16-11-23-27(18(16)10-15)17-12-29-13-17/h14-20,23-25H,4-13H2,1-3H3. The van der Waals surface area contributed by atoms with Crippen LogP contribution >= 0.6 is 0 Å². The summed E-state index contributed by atoms with van der Waals surface area (Å²) in [7, 11) is 0. The summed E-state index contributed by atoms with van der Waals surface area (Å²) in [4.78, 5) is 20.2. The van der Waals surface area contributed by atoms with Gasteiger partial charge in [-0.25, -0.2) is 9.80 Å². The summed E-state index contributed by atoms with van der Waals surface area (Å²) >= 11 is 0. The molecule has 0 radical (unpaired) electrons. The van der Waals surface area contributed by atoms with Crippen LogP contribution < -0.4 is 16.2 Å². The molecule has 0 aromatic rings. The van der Waals surface area contributed by atoms with Crippen molar-refractivity contribution < 1.29 is 19.1 Å². The topological polar surface area (TPSA) is 87.3 Å². The number of hydrazine groups is 1. The molecule has 4 saturated heterocycles. The van der Waals surface area contributed by atoms with E-state index in [4.69, 9.17) is 14.3 Å². The molecule has 31 heavy (non-hydrogen) atoms. The van der Waals surface area contributed by atoms with Gasteiger partial charge in [-0.2, -0.15) is 5.48 Å². The van der Waals surface area contributed by atoms with E-state index in [1.165, 1.54) is 12.8 Å². The first-order chi connectivity index (χ1) is 14.9. The molecule has 4 heterocycles.